The Hall–Kier alpha value is 0.517. The zero-order valence-electron chi connectivity index (χ0n) is 8.04. The van der Waals surface area contributed by atoms with Crippen molar-refractivity contribution in [1.82, 2.24) is 0 Å². The van der Waals surface area contributed by atoms with E-state index < -0.39 is 0 Å². The molecule has 64 valence electrons. The van der Waals surface area contributed by atoms with Crippen molar-refractivity contribution in [2.24, 2.45) is 0 Å². The van der Waals surface area contributed by atoms with Crippen LogP contribution in [0.1, 0.15) is 19.8 Å². The van der Waals surface area contributed by atoms with Gasteiger partial charge < -0.3 is 23.5 Å². The van der Waals surface area contributed by atoms with E-state index in [2.05, 4.69) is 31.2 Å². The van der Waals surface area contributed by atoms with Crippen LogP contribution in [0.25, 0.3) is 0 Å². The first-order valence-corrected chi connectivity index (χ1v) is 5.84. The molecule has 0 aliphatic carbocycles. The second-order valence-electron chi connectivity index (χ2n) is 2.77. The number of benzene rings is 1. The molecule has 1 aliphatic heterocycles. The van der Waals surface area contributed by atoms with Gasteiger partial charge in [0.1, 0.15) is 0 Å². The molecule has 0 nitrogen and oxygen atoms in total. The van der Waals surface area contributed by atoms with Gasteiger partial charge in [-0.2, -0.15) is 11.0 Å². The van der Waals surface area contributed by atoms with E-state index >= 15 is 0 Å². The van der Waals surface area contributed by atoms with E-state index in [-0.39, 0.29) is 18.9 Å². The summed E-state index contributed by atoms with van der Waals surface area (Å²) >= 11 is 3.88. The number of fused-ring (bicyclic) bond motifs is 1. The third-order valence-electron chi connectivity index (χ3n) is 1.75. The molecular formula is C10H11LiS2. The summed E-state index contributed by atoms with van der Waals surface area (Å²) in [6.07, 6.45) is 2.49. The Labute approximate surface area is 100 Å². The average molecular weight is 202 g/mol. The Balaban J connectivity index is 0.000000845. The van der Waals surface area contributed by atoms with E-state index in [0.717, 1.165) is 0 Å². The fourth-order valence-corrected chi connectivity index (χ4v) is 3.88. The summed E-state index contributed by atoms with van der Waals surface area (Å²) < 4.78 is 1.55. The number of hydrogen-bond donors (Lipinski definition) is 0. The van der Waals surface area contributed by atoms with Crippen molar-refractivity contribution in [3.05, 3.63) is 28.8 Å². The summed E-state index contributed by atoms with van der Waals surface area (Å²) in [7, 11) is 0. The first-order valence-electron chi connectivity index (χ1n) is 4.20. The van der Waals surface area contributed by atoms with Crippen LogP contribution in [0, 0.1) is 4.58 Å². The third kappa shape index (κ3) is 2.73. The van der Waals surface area contributed by atoms with Crippen LogP contribution in [-0.2, 0) is 0 Å². The van der Waals surface area contributed by atoms with Gasteiger partial charge in [-0.05, 0) is 9.79 Å². The molecule has 0 radical (unpaired) electrons. The molecule has 13 heavy (non-hydrogen) atoms. The standard InChI is InChI=1S/C10H11S2.Li/c1-2-5-10-11-8-6-3-4-7-9(8)12-10;/h3-4,6-7H,2,5H2,1H3;/q-1;+1. The molecule has 0 atom stereocenters. The molecule has 1 heterocycles. The van der Waals surface area contributed by atoms with Gasteiger partial charge in [-0.3, -0.25) is 0 Å². The number of rotatable bonds is 2. The minimum absolute atomic E-state index is 0. The van der Waals surface area contributed by atoms with Crippen molar-refractivity contribution in [1.29, 1.82) is 0 Å². The maximum absolute atomic E-state index is 2.23. The van der Waals surface area contributed by atoms with E-state index in [1.54, 1.807) is 4.58 Å². The minimum Gasteiger partial charge on any atom is -0.301 e. The molecule has 0 bridgehead atoms. The van der Waals surface area contributed by atoms with Gasteiger partial charge in [-0.25, -0.2) is 0 Å². The van der Waals surface area contributed by atoms with Gasteiger partial charge in [0.15, 0.2) is 0 Å². The number of hydrogen-bond acceptors (Lipinski definition) is 2. The van der Waals surface area contributed by atoms with Gasteiger partial charge in [0.25, 0.3) is 0 Å². The Morgan fingerprint density at radius 3 is 2.15 bits per heavy atom. The maximum Gasteiger partial charge on any atom is 1.00 e. The van der Waals surface area contributed by atoms with Gasteiger partial charge in [0.2, 0.25) is 0 Å². The minimum atomic E-state index is 0. The molecule has 0 aromatic heterocycles. The molecule has 3 heteroatoms. The fourth-order valence-electron chi connectivity index (χ4n) is 1.19. The maximum atomic E-state index is 2.23. The third-order valence-corrected chi connectivity index (χ3v) is 4.40. The zero-order valence-corrected chi connectivity index (χ0v) is 9.67. The van der Waals surface area contributed by atoms with Crippen LogP contribution < -0.4 is 18.9 Å². The second kappa shape index (κ2) is 5.41. The Bertz CT molecular complexity index is 250. The monoisotopic (exact) mass is 202 g/mol. The summed E-state index contributed by atoms with van der Waals surface area (Å²) in [5.74, 6) is 0. The average Bonchev–Trinajstić information content (AvgIpc) is 2.47. The largest absolute Gasteiger partial charge is 1.00 e. The van der Waals surface area contributed by atoms with E-state index in [1.165, 1.54) is 22.6 Å². The van der Waals surface area contributed by atoms with Crippen LogP contribution in [0.15, 0.2) is 34.1 Å². The van der Waals surface area contributed by atoms with Crippen molar-refractivity contribution < 1.29 is 18.9 Å². The molecule has 2 rings (SSSR count). The van der Waals surface area contributed by atoms with Crippen molar-refractivity contribution in [3.8, 4) is 0 Å². The first-order chi connectivity index (χ1) is 5.90. The van der Waals surface area contributed by atoms with Gasteiger partial charge in [0, 0.05) is 0 Å². The molecule has 0 spiro atoms. The molecule has 1 aromatic carbocycles. The summed E-state index contributed by atoms with van der Waals surface area (Å²) in [5, 5.41) is 0. The van der Waals surface area contributed by atoms with Crippen molar-refractivity contribution in [3.63, 3.8) is 0 Å². The smallest absolute Gasteiger partial charge is 0.301 e. The molecule has 0 N–H and O–H groups in total. The quantitative estimate of drug-likeness (QED) is 0.522. The molecule has 0 saturated heterocycles. The predicted molar refractivity (Wildman–Crippen MR) is 56.3 cm³/mol. The van der Waals surface area contributed by atoms with Crippen LogP contribution in [0.5, 0.6) is 0 Å². The Morgan fingerprint density at radius 2 is 1.69 bits per heavy atom. The molecule has 0 fully saturated rings. The SMILES string of the molecule is CCC[C-]1Sc2ccccc2S1.[Li+]. The van der Waals surface area contributed by atoms with Gasteiger partial charge in [-0.1, -0.05) is 37.6 Å². The second-order valence-corrected chi connectivity index (χ2v) is 5.30. The van der Waals surface area contributed by atoms with Crippen molar-refractivity contribution in [2.75, 3.05) is 0 Å². The van der Waals surface area contributed by atoms with Crippen LogP contribution in [0.3, 0.4) is 0 Å². The molecule has 1 aromatic rings. The number of thioether (sulfide) groups is 2. The fraction of sp³-hybridized carbons (Fsp3) is 0.300. The Kier molecular flexibility index (Phi) is 4.82. The summed E-state index contributed by atoms with van der Waals surface area (Å²) in [4.78, 5) is 2.87. The first kappa shape index (κ1) is 11.6. The van der Waals surface area contributed by atoms with Crippen molar-refractivity contribution in [2.45, 2.75) is 29.6 Å². The zero-order chi connectivity index (χ0) is 8.39. The van der Waals surface area contributed by atoms with Crippen molar-refractivity contribution >= 4 is 23.5 Å². The summed E-state index contributed by atoms with van der Waals surface area (Å²) in [5.41, 5.74) is 0. The van der Waals surface area contributed by atoms with E-state index in [1.807, 2.05) is 23.5 Å². The molecule has 1 aliphatic rings. The molecule has 0 saturated carbocycles. The summed E-state index contributed by atoms with van der Waals surface area (Å²) in [6, 6.07) is 8.63. The van der Waals surface area contributed by atoms with Crippen LogP contribution in [0.2, 0.25) is 0 Å². The topological polar surface area (TPSA) is 0 Å². The molecule has 0 unspecified atom stereocenters. The van der Waals surface area contributed by atoms with E-state index in [4.69, 9.17) is 0 Å². The van der Waals surface area contributed by atoms with Gasteiger partial charge in [0.05, 0.1) is 0 Å². The summed E-state index contributed by atoms with van der Waals surface area (Å²) in [6.45, 7) is 2.23. The molecular weight excluding hydrogens is 191 g/mol. The van der Waals surface area contributed by atoms with Gasteiger partial charge in [-0.15, -0.1) is 0 Å². The van der Waals surface area contributed by atoms with Gasteiger partial charge >= 0.3 is 18.9 Å². The van der Waals surface area contributed by atoms with E-state index in [0.29, 0.717) is 0 Å². The van der Waals surface area contributed by atoms with Crippen LogP contribution in [0.4, 0.5) is 0 Å². The van der Waals surface area contributed by atoms with Crippen LogP contribution in [-0.4, -0.2) is 0 Å². The Morgan fingerprint density at radius 1 is 1.15 bits per heavy atom. The normalized spacial score (nSPS) is 15.2. The molecule has 0 amide bonds. The van der Waals surface area contributed by atoms with Crippen LogP contribution >= 0.6 is 23.5 Å². The predicted octanol–water partition coefficient (Wildman–Crippen LogP) is 1.18. The van der Waals surface area contributed by atoms with E-state index in [9.17, 15) is 0 Å².